The summed E-state index contributed by atoms with van der Waals surface area (Å²) < 4.78 is 7.46. The van der Waals surface area contributed by atoms with E-state index in [1.54, 1.807) is 18.5 Å². The van der Waals surface area contributed by atoms with Crippen LogP contribution in [0.1, 0.15) is 24.4 Å². The van der Waals surface area contributed by atoms with E-state index in [9.17, 15) is 4.79 Å². The van der Waals surface area contributed by atoms with E-state index in [-0.39, 0.29) is 11.6 Å². The lowest BCUT2D eigenvalue weighted by molar-refractivity contribution is 0.190. The van der Waals surface area contributed by atoms with Crippen LogP contribution in [-0.4, -0.2) is 45.2 Å². The van der Waals surface area contributed by atoms with Gasteiger partial charge in [0.15, 0.2) is 11.9 Å². The second kappa shape index (κ2) is 7.02. The number of tetrazole rings is 1. The minimum atomic E-state index is -0.508. The highest BCUT2D eigenvalue weighted by atomic mass is 16.5. The van der Waals surface area contributed by atoms with Gasteiger partial charge in [-0.1, -0.05) is 17.2 Å². The lowest BCUT2D eigenvalue weighted by Gasteiger charge is -2.10. The first-order valence-corrected chi connectivity index (χ1v) is 8.49. The van der Waals surface area contributed by atoms with Gasteiger partial charge in [0.25, 0.3) is 5.56 Å². The number of ether oxygens (including phenoxy) is 1. The molecule has 11 nitrogen and oxygen atoms in total. The molecule has 0 saturated carbocycles. The predicted octanol–water partition coefficient (Wildman–Crippen LogP) is 0.990. The molecule has 1 aromatic carbocycles. The first-order valence-electron chi connectivity index (χ1n) is 8.49. The quantitative estimate of drug-likeness (QED) is 0.543. The molecule has 1 unspecified atom stereocenters. The van der Waals surface area contributed by atoms with Gasteiger partial charge in [-0.3, -0.25) is 9.36 Å². The Labute approximate surface area is 159 Å². The van der Waals surface area contributed by atoms with E-state index in [1.807, 2.05) is 31.2 Å². The number of rotatable bonds is 5. The largest absolute Gasteiger partial charge is 0.452 e. The Morgan fingerprint density at radius 2 is 2.04 bits per heavy atom. The minimum Gasteiger partial charge on any atom is -0.452 e. The maximum atomic E-state index is 11.5. The molecule has 4 rings (SSSR count). The molecule has 4 aromatic rings. The fourth-order valence-corrected chi connectivity index (χ4v) is 2.63. The molecule has 0 aliphatic rings. The molecule has 0 spiro atoms. The standard InChI is InChI=1S/C17H17N9O2/c1-10-5-4-6-13(7-10)26-23-15(20-24-26)11(2)28-17-22-21-16(25(17)3)12-8-14(27)19-18-9-12/h4-9,11H,1-3H3,(H,19,27). The first-order chi connectivity index (χ1) is 13.5. The third-order valence-corrected chi connectivity index (χ3v) is 4.07. The lowest BCUT2D eigenvalue weighted by Crippen LogP contribution is -2.10. The molecule has 3 heterocycles. The molecule has 142 valence electrons. The smallest absolute Gasteiger partial charge is 0.317 e. The van der Waals surface area contributed by atoms with E-state index in [2.05, 4.69) is 35.8 Å². The van der Waals surface area contributed by atoms with Crippen LogP contribution >= 0.6 is 0 Å². The second-order valence-corrected chi connectivity index (χ2v) is 6.24. The van der Waals surface area contributed by atoms with Gasteiger partial charge in [-0.2, -0.15) is 5.10 Å². The fourth-order valence-electron chi connectivity index (χ4n) is 2.63. The van der Waals surface area contributed by atoms with Crippen molar-refractivity contribution in [3.8, 4) is 23.1 Å². The van der Waals surface area contributed by atoms with E-state index in [0.717, 1.165) is 11.3 Å². The number of nitrogens with zero attached hydrogens (tertiary/aromatic N) is 8. The SMILES string of the molecule is Cc1cccc(-n2nnc(C(C)Oc3nnc(-c4cn[nH]c(=O)c4)n3C)n2)c1. The Bertz CT molecular complexity index is 1180. The molecule has 3 aromatic heterocycles. The van der Waals surface area contributed by atoms with Crippen LogP contribution in [0.2, 0.25) is 0 Å². The van der Waals surface area contributed by atoms with Crippen LogP contribution in [0.5, 0.6) is 6.01 Å². The Kier molecular flexibility index (Phi) is 4.39. The summed E-state index contributed by atoms with van der Waals surface area (Å²) in [5, 5.41) is 26.7. The van der Waals surface area contributed by atoms with Crippen LogP contribution in [0.4, 0.5) is 0 Å². The minimum absolute atomic E-state index is 0.259. The summed E-state index contributed by atoms with van der Waals surface area (Å²) in [4.78, 5) is 12.9. The van der Waals surface area contributed by atoms with Gasteiger partial charge < -0.3 is 4.74 Å². The molecule has 11 heteroatoms. The molecule has 0 bridgehead atoms. The molecule has 0 fully saturated rings. The Balaban J connectivity index is 1.55. The van der Waals surface area contributed by atoms with E-state index in [1.165, 1.54) is 17.1 Å². The van der Waals surface area contributed by atoms with E-state index in [4.69, 9.17) is 4.74 Å². The molecular formula is C17H17N9O2. The molecule has 0 radical (unpaired) electrons. The lowest BCUT2D eigenvalue weighted by atomic mass is 10.2. The zero-order chi connectivity index (χ0) is 19.7. The second-order valence-electron chi connectivity index (χ2n) is 6.24. The van der Waals surface area contributed by atoms with Gasteiger partial charge >= 0.3 is 6.01 Å². The van der Waals surface area contributed by atoms with Crippen LogP contribution in [-0.2, 0) is 7.05 Å². The van der Waals surface area contributed by atoms with Gasteiger partial charge in [0.1, 0.15) is 0 Å². The number of aromatic amines is 1. The Morgan fingerprint density at radius 3 is 2.82 bits per heavy atom. The van der Waals surface area contributed by atoms with Crippen LogP contribution in [0, 0.1) is 6.92 Å². The number of nitrogens with one attached hydrogen (secondary N) is 1. The monoisotopic (exact) mass is 379 g/mol. The van der Waals surface area contributed by atoms with Crippen molar-refractivity contribution in [1.29, 1.82) is 0 Å². The Hall–Kier alpha value is -3.89. The van der Waals surface area contributed by atoms with Crippen LogP contribution in [0.25, 0.3) is 17.1 Å². The van der Waals surface area contributed by atoms with Crippen molar-refractivity contribution >= 4 is 0 Å². The van der Waals surface area contributed by atoms with E-state index < -0.39 is 6.10 Å². The molecule has 1 atom stereocenters. The zero-order valence-electron chi connectivity index (χ0n) is 15.4. The number of aromatic nitrogens is 9. The predicted molar refractivity (Wildman–Crippen MR) is 97.8 cm³/mol. The molecule has 0 saturated heterocycles. The van der Waals surface area contributed by atoms with Crippen LogP contribution < -0.4 is 10.3 Å². The highest BCUT2D eigenvalue weighted by molar-refractivity contribution is 5.53. The molecule has 28 heavy (non-hydrogen) atoms. The van der Waals surface area contributed by atoms with Gasteiger partial charge in [-0.25, -0.2) is 5.10 Å². The van der Waals surface area contributed by atoms with Crippen molar-refractivity contribution in [3.63, 3.8) is 0 Å². The first kappa shape index (κ1) is 17.5. The van der Waals surface area contributed by atoms with Gasteiger partial charge in [-0.05, 0) is 36.8 Å². The van der Waals surface area contributed by atoms with Crippen molar-refractivity contribution < 1.29 is 4.74 Å². The molecule has 0 aliphatic heterocycles. The summed E-state index contributed by atoms with van der Waals surface area (Å²) in [6, 6.07) is 9.43. The molecule has 0 amide bonds. The van der Waals surface area contributed by atoms with Crippen LogP contribution in [0.3, 0.4) is 0 Å². The summed E-state index contributed by atoms with van der Waals surface area (Å²) in [7, 11) is 1.73. The Morgan fingerprint density at radius 1 is 1.18 bits per heavy atom. The van der Waals surface area contributed by atoms with Gasteiger partial charge in [0, 0.05) is 18.7 Å². The van der Waals surface area contributed by atoms with Crippen molar-refractivity contribution in [1.82, 2.24) is 45.2 Å². The van der Waals surface area contributed by atoms with Gasteiger partial charge in [0.2, 0.25) is 5.82 Å². The van der Waals surface area contributed by atoms with Gasteiger partial charge in [0.05, 0.1) is 11.9 Å². The number of aryl methyl sites for hydroxylation is 1. The number of hydrogen-bond donors (Lipinski definition) is 1. The van der Waals surface area contributed by atoms with Gasteiger partial charge in [-0.15, -0.1) is 20.1 Å². The average molecular weight is 379 g/mol. The maximum Gasteiger partial charge on any atom is 0.317 e. The van der Waals surface area contributed by atoms with E-state index >= 15 is 0 Å². The van der Waals surface area contributed by atoms with Crippen molar-refractivity contribution in [2.75, 3.05) is 0 Å². The molecular weight excluding hydrogens is 362 g/mol. The van der Waals surface area contributed by atoms with Crippen molar-refractivity contribution in [3.05, 3.63) is 58.3 Å². The topological polar surface area (TPSA) is 129 Å². The normalized spacial score (nSPS) is 12.1. The summed E-state index contributed by atoms with van der Waals surface area (Å²) in [5.74, 6) is 0.862. The molecule has 0 aliphatic carbocycles. The fraction of sp³-hybridized carbons (Fsp3) is 0.235. The summed E-state index contributed by atoms with van der Waals surface area (Å²) in [5.41, 5.74) is 2.12. The third kappa shape index (κ3) is 3.37. The van der Waals surface area contributed by atoms with Crippen molar-refractivity contribution in [2.45, 2.75) is 20.0 Å². The highest BCUT2D eigenvalue weighted by Crippen LogP contribution is 2.22. The average Bonchev–Trinajstić information content (AvgIpc) is 3.30. The summed E-state index contributed by atoms with van der Waals surface area (Å²) in [6.07, 6.45) is 0.986. The summed E-state index contributed by atoms with van der Waals surface area (Å²) >= 11 is 0. The highest BCUT2D eigenvalue weighted by Gasteiger charge is 2.19. The number of hydrogen-bond acceptors (Lipinski definition) is 8. The van der Waals surface area contributed by atoms with Crippen molar-refractivity contribution in [2.24, 2.45) is 7.05 Å². The molecule has 1 N–H and O–H groups in total. The number of benzene rings is 1. The third-order valence-electron chi connectivity index (χ3n) is 4.07. The zero-order valence-corrected chi connectivity index (χ0v) is 15.4. The van der Waals surface area contributed by atoms with E-state index in [0.29, 0.717) is 17.2 Å². The maximum absolute atomic E-state index is 11.5. The number of H-pyrrole nitrogens is 1. The van der Waals surface area contributed by atoms with Crippen LogP contribution in [0.15, 0.2) is 41.3 Å². The summed E-state index contributed by atoms with van der Waals surface area (Å²) in [6.45, 7) is 3.79.